The van der Waals surface area contributed by atoms with Crippen molar-refractivity contribution in [3.8, 4) is 0 Å². The van der Waals surface area contributed by atoms with Gasteiger partial charge in [-0.15, -0.1) is 0 Å². The topological polar surface area (TPSA) is 90.9 Å². The number of benzene rings is 4. The van der Waals surface area contributed by atoms with Gasteiger partial charge in [0.25, 0.3) is 0 Å². The first-order valence-electron chi connectivity index (χ1n) is 16.9. The Hall–Kier alpha value is -4.03. The number of carbonyl (C=O) groups excluding carboxylic acids is 1. The van der Waals surface area contributed by atoms with E-state index < -0.39 is 43.1 Å². The average molecular weight is 681 g/mol. The zero-order valence-corrected chi connectivity index (χ0v) is 28.2. The predicted molar refractivity (Wildman–Crippen MR) is 186 cm³/mol. The van der Waals surface area contributed by atoms with Gasteiger partial charge in [-0.25, -0.2) is 0 Å². The van der Waals surface area contributed by atoms with Gasteiger partial charge in [-0.1, -0.05) is 121 Å². The Bertz CT molecular complexity index is 1590. The molecule has 0 N–H and O–H groups in total. The molecule has 7 atom stereocenters. The molecule has 2 heterocycles. The number of rotatable bonds is 17. The highest BCUT2D eigenvalue weighted by molar-refractivity contribution is 5.94. The third kappa shape index (κ3) is 10.3. The minimum Gasteiger partial charge on any atom is -0.374 e. The molecular formula is C41H44O9. The molecule has 1 saturated heterocycles. The molecule has 2 aliphatic heterocycles. The van der Waals surface area contributed by atoms with Gasteiger partial charge in [-0.05, 0) is 34.4 Å². The molecule has 6 rings (SSSR count). The number of hydrogen-bond donors (Lipinski definition) is 0. The molecule has 9 heteroatoms. The molecule has 262 valence electrons. The maximum absolute atomic E-state index is 12.6. The maximum atomic E-state index is 12.6. The molecule has 0 radical (unpaired) electrons. The number of ether oxygens (including phenoxy) is 8. The second-order valence-electron chi connectivity index (χ2n) is 12.2. The fourth-order valence-corrected chi connectivity index (χ4v) is 5.89. The second-order valence-corrected chi connectivity index (χ2v) is 12.2. The quantitative estimate of drug-likeness (QED) is 0.129. The Morgan fingerprint density at radius 3 is 1.54 bits per heavy atom. The molecule has 50 heavy (non-hydrogen) atoms. The maximum Gasteiger partial charge on any atom is 0.186 e. The summed E-state index contributed by atoms with van der Waals surface area (Å²) in [6, 6.07) is 39.6. The SMILES string of the molecule is CO[C@H]1O[C@H](COC2C=CC(=O)[C@@H](COCc3ccccc3)O2)[C@@H](OCc2ccccc2)[C@H](OCc2ccccc2)[C@H]1OCc1ccccc1. The fourth-order valence-electron chi connectivity index (χ4n) is 5.89. The lowest BCUT2D eigenvalue weighted by Gasteiger charge is -2.45. The molecule has 0 aromatic heterocycles. The number of hydrogen-bond acceptors (Lipinski definition) is 9. The zero-order chi connectivity index (χ0) is 34.4. The van der Waals surface area contributed by atoms with Crippen LogP contribution in [0.1, 0.15) is 22.3 Å². The van der Waals surface area contributed by atoms with Gasteiger partial charge >= 0.3 is 0 Å². The van der Waals surface area contributed by atoms with Crippen molar-refractivity contribution in [1.82, 2.24) is 0 Å². The van der Waals surface area contributed by atoms with Crippen LogP contribution in [0.2, 0.25) is 0 Å². The zero-order valence-electron chi connectivity index (χ0n) is 28.2. The summed E-state index contributed by atoms with van der Waals surface area (Å²) >= 11 is 0. The largest absolute Gasteiger partial charge is 0.374 e. The van der Waals surface area contributed by atoms with Gasteiger partial charge in [0.2, 0.25) is 0 Å². The third-order valence-corrected chi connectivity index (χ3v) is 8.52. The Balaban J connectivity index is 1.18. The van der Waals surface area contributed by atoms with Crippen molar-refractivity contribution in [2.45, 2.75) is 69.5 Å². The van der Waals surface area contributed by atoms with E-state index in [0.717, 1.165) is 22.3 Å². The van der Waals surface area contributed by atoms with Crippen LogP contribution < -0.4 is 0 Å². The van der Waals surface area contributed by atoms with Crippen molar-refractivity contribution < 1.29 is 42.7 Å². The van der Waals surface area contributed by atoms with E-state index in [1.807, 2.05) is 121 Å². The van der Waals surface area contributed by atoms with Crippen LogP contribution in [-0.4, -0.2) is 69.2 Å². The van der Waals surface area contributed by atoms with Crippen molar-refractivity contribution >= 4 is 5.78 Å². The van der Waals surface area contributed by atoms with Crippen LogP contribution in [0.3, 0.4) is 0 Å². The molecule has 4 aromatic rings. The highest BCUT2D eigenvalue weighted by Crippen LogP contribution is 2.31. The van der Waals surface area contributed by atoms with Gasteiger partial charge in [0, 0.05) is 7.11 Å². The molecule has 0 bridgehead atoms. The summed E-state index contributed by atoms with van der Waals surface area (Å²) in [5.41, 5.74) is 4.03. The van der Waals surface area contributed by atoms with Crippen LogP contribution in [-0.2, 0) is 69.1 Å². The standard InChI is InChI=1S/C41H44O9/c1-43-41-40(48-27-33-20-12-5-13-21-33)39(47-26-32-18-10-4-11-19-32)38(46-25-31-16-8-3-9-17-31)36(50-41)29-45-37-23-22-34(42)35(49-37)28-44-24-30-14-6-2-7-15-30/h2-23,35-41H,24-29H2,1H3/t35-,36-,37?,38-,39+,40-,41+/m1/s1. The predicted octanol–water partition coefficient (Wildman–Crippen LogP) is 6.20. The number of carbonyl (C=O) groups is 1. The summed E-state index contributed by atoms with van der Waals surface area (Å²) in [4.78, 5) is 12.6. The summed E-state index contributed by atoms with van der Waals surface area (Å²) in [6.45, 7) is 1.51. The fraction of sp³-hybridized carbons (Fsp3) is 0.341. The average Bonchev–Trinajstić information content (AvgIpc) is 3.17. The van der Waals surface area contributed by atoms with Gasteiger partial charge < -0.3 is 37.9 Å². The summed E-state index contributed by atoms with van der Waals surface area (Å²) in [5, 5.41) is 0. The Kier molecular flexibility index (Phi) is 13.5. The Morgan fingerprint density at radius 1 is 0.540 bits per heavy atom. The minimum atomic E-state index is -0.798. The van der Waals surface area contributed by atoms with Crippen LogP contribution in [0.25, 0.3) is 0 Å². The Labute approximate surface area is 293 Å². The highest BCUT2D eigenvalue weighted by Gasteiger charge is 2.49. The first-order valence-corrected chi connectivity index (χ1v) is 16.9. The van der Waals surface area contributed by atoms with Crippen LogP contribution >= 0.6 is 0 Å². The van der Waals surface area contributed by atoms with Gasteiger partial charge in [0.15, 0.2) is 18.4 Å². The Morgan fingerprint density at radius 2 is 1.02 bits per heavy atom. The van der Waals surface area contributed by atoms with Crippen molar-refractivity contribution in [2.75, 3.05) is 20.3 Å². The van der Waals surface area contributed by atoms with Crippen molar-refractivity contribution in [3.63, 3.8) is 0 Å². The van der Waals surface area contributed by atoms with Crippen LogP contribution in [0, 0.1) is 0 Å². The first-order chi connectivity index (χ1) is 24.7. The smallest absolute Gasteiger partial charge is 0.186 e. The molecule has 0 amide bonds. The van der Waals surface area contributed by atoms with Gasteiger partial charge in [-0.3, -0.25) is 4.79 Å². The molecular weight excluding hydrogens is 636 g/mol. The minimum absolute atomic E-state index is 0.0662. The van der Waals surface area contributed by atoms with Gasteiger partial charge in [0.05, 0.1) is 39.6 Å². The molecule has 2 aliphatic rings. The summed E-state index contributed by atoms with van der Waals surface area (Å²) in [6.07, 6.45) is -1.78. The summed E-state index contributed by atoms with van der Waals surface area (Å²) in [7, 11) is 1.58. The van der Waals surface area contributed by atoms with Crippen molar-refractivity contribution in [3.05, 3.63) is 156 Å². The molecule has 4 aromatic carbocycles. The van der Waals surface area contributed by atoms with Crippen LogP contribution in [0.4, 0.5) is 0 Å². The van der Waals surface area contributed by atoms with Gasteiger partial charge in [-0.2, -0.15) is 0 Å². The lowest BCUT2D eigenvalue weighted by molar-refractivity contribution is -0.327. The van der Waals surface area contributed by atoms with E-state index in [9.17, 15) is 4.79 Å². The summed E-state index contributed by atoms with van der Waals surface area (Å²) < 4.78 is 50.3. The molecule has 0 saturated carbocycles. The lowest BCUT2D eigenvalue weighted by Crippen LogP contribution is -2.61. The lowest BCUT2D eigenvalue weighted by atomic mass is 9.97. The molecule has 1 unspecified atom stereocenters. The van der Waals surface area contributed by atoms with Crippen molar-refractivity contribution in [1.29, 1.82) is 0 Å². The van der Waals surface area contributed by atoms with E-state index in [4.69, 9.17) is 37.9 Å². The van der Waals surface area contributed by atoms with E-state index in [0.29, 0.717) is 26.4 Å². The highest BCUT2D eigenvalue weighted by atomic mass is 16.7. The van der Waals surface area contributed by atoms with E-state index in [-0.39, 0.29) is 19.0 Å². The van der Waals surface area contributed by atoms with E-state index >= 15 is 0 Å². The molecule has 0 spiro atoms. The number of ketones is 1. The second kappa shape index (κ2) is 18.8. The van der Waals surface area contributed by atoms with E-state index in [1.54, 1.807) is 13.2 Å². The van der Waals surface area contributed by atoms with E-state index in [2.05, 4.69) is 0 Å². The van der Waals surface area contributed by atoms with Crippen molar-refractivity contribution in [2.24, 2.45) is 0 Å². The molecule has 9 nitrogen and oxygen atoms in total. The summed E-state index contributed by atoms with van der Waals surface area (Å²) in [5.74, 6) is -0.178. The third-order valence-electron chi connectivity index (χ3n) is 8.52. The normalized spacial score (nSPS) is 25.1. The molecule has 0 aliphatic carbocycles. The number of methoxy groups -OCH3 is 1. The van der Waals surface area contributed by atoms with Gasteiger partial charge in [0.1, 0.15) is 30.5 Å². The first kappa shape index (κ1) is 35.8. The van der Waals surface area contributed by atoms with Crippen LogP contribution in [0.5, 0.6) is 0 Å². The molecule has 1 fully saturated rings. The van der Waals surface area contributed by atoms with E-state index in [1.165, 1.54) is 6.08 Å². The monoisotopic (exact) mass is 680 g/mol. The van der Waals surface area contributed by atoms with Crippen LogP contribution in [0.15, 0.2) is 133 Å².